The predicted octanol–water partition coefficient (Wildman–Crippen LogP) is 2.01. The molecule has 1 saturated heterocycles. The Morgan fingerprint density at radius 2 is 1.95 bits per heavy atom. The van der Waals surface area contributed by atoms with Gasteiger partial charge in [-0.15, -0.1) is 0 Å². The summed E-state index contributed by atoms with van der Waals surface area (Å²) in [6, 6.07) is 0.0423. The summed E-state index contributed by atoms with van der Waals surface area (Å²) in [5.41, 5.74) is -0.510. The molecule has 0 unspecified atom stereocenters. The molecule has 2 fully saturated rings. The molecule has 0 aromatic heterocycles. The lowest BCUT2D eigenvalue weighted by atomic mass is 9.97. The molecule has 20 heavy (non-hydrogen) atoms. The van der Waals surface area contributed by atoms with Crippen LogP contribution >= 0.6 is 0 Å². The van der Waals surface area contributed by atoms with E-state index in [0.717, 1.165) is 51.5 Å². The predicted molar refractivity (Wildman–Crippen MR) is 80.6 cm³/mol. The largest absolute Gasteiger partial charge is 0.390 e. The van der Waals surface area contributed by atoms with Crippen LogP contribution < -0.4 is 0 Å². The number of carbonyl (C=O) groups is 1. The molecule has 0 aromatic carbocycles. The van der Waals surface area contributed by atoms with Gasteiger partial charge in [0.1, 0.15) is 0 Å². The third-order valence-electron chi connectivity index (χ3n) is 5.13. The summed E-state index contributed by atoms with van der Waals surface area (Å²) in [4.78, 5) is 16.6. The first-order valence-corrected chi connectivity index (χ1v) is 8.19. The van der Waals surface area contributed by atoms with Crippen molar-refractivity contribution in [3.05, 3.63) is 0 Å². The smallest absolute Gasteiger partial charge is 0.239 e. The second-order valence-corrected chi connectivity index (χ2v) is 6.79. The molecular weight excluding hydrogens is 252 g/mol. The standard InChI is InChI=1S/C16H30N2O2/c1-17-12-7-3-4-8-14(17)15(19)18(2)13-11-16(20)9-5-6-10-16/h14,20H,3-13H2,1-2H3/t14-/m0/s1. The quantitative estimate of drug-likeness (QED) is 0.858. The van der Waals surface area contributed by atoms with E-state index in [1.165, 1.54) is 12.8 Å². The summed E-state index contributed by atoms with van der Waals surface area (Å²) in [6.45, 7) is 1.70. The summed E-state index contributed by atoms with van der Waals surface area (Å²) in [5.74, 6) is 0.232. The Hall–Kier alpha value is -0.610. The Balaban J connectivity index is 1.84. The molecule has 1 saturated carbocycles. The first-order valence-electron chi connectivity index (χ1n) is 8.19. The Morgan fingerprint density at radius 3 is 2.65 bits per heavy atom. The van der Waals surface area contributed by atoms with Crippen molar-refractivity contribution in [3.63, 3.8) is 0 Å². The molecule has 1 N–H and O–H groups in total. The zero-order chi connectivity index (χ0) is 14.6. The molecule has 1 heterocycles. The molecule has 1 atom stereocenters. The second kappa shape index (κ2) is 6.90. The minimum atomic E-state index is -0.510. The summed E-state index contributed by atoms with van der Waals surface area (Å²) in [6.07, 6.45) is 9.34. The molecule has 2 aliphatic rings. The molecule has 1 amide bonds. The number of carbonyl (C=O) groups excluding carboxylic acids is 1. The van der Waals surface area contributed by atoms with Crippen LogP contribution in [0.3, 0.4) is 0 Å². The number of likely N-dealkylation sites (N-methyl/N-ethyl adjacent to an activating group) is 2. The Morgan fingerprint density at radius 1 is 1.25 bits per heavy atom. The van der Waals surface area contributed by atoms with E-state index in [1.54, 1.807) is 0 Å². The highest BCUT2D eigenvalue weighted by Gasteiger charge is 2.33. The molecule has 116 valence electrons. The van der Waals surface area contributed by atoms with E-state index in [-0.39, 0.29) is 11.9 Å². The third kappa shape index (κ3) is 3.95. The maximum atomic E-state index is 12.6. The van der Waals surface area contributed by atoms with E-state index in [4.69, 9.17) is 0 Å². The van der Waals surface area contributed by atoms with Crippen LogP contribution in [0.25, 0.3) is 0 Å². The summed E-state index contributed by atoms with van der Waals surface area (Å²) in [5, 5.41) is 10.4. The van der Waals surface area contributed by atoms with Crippen LogP contribution in [-0.2, 0) is 4.79 Å². The SMILES string of the molecule is CN(CCC1(O)CCCC1)C(=O)[C@@H]1CCCCCN1C. The van der Waals surface area contributed by atoms with Crippen molar-refractivity contribution in [2.24, 2.45) is 0 Å². The van der Waals surface area contributed by atoms with Crippen molar-refractivity contribution in [1.82, 2.24) is 9.80 Å². The molecule has 0 spiro atoms. The molecule has 0 bridgehead atoms. The molecular formula is C16H30N2O2. The fourth-order valence-corrected chi connectivity index (χ4v) is 3.59. The minimum Gasteiger partial charge on any atom is -0.390 e. The van der Waals surface area contributed by atoms with Crippen molar-refractivity contribution in [2.45, 2.75) is 69.4 Å². The first-order chi connectivity index (χ1) is 9.52. The monoisotopic (exact) mass is 282 g/mol. The summed E-state index contributed by atoms with van der Waals surface area (Å²) >= 11 is 0. The Bertz CT molecular complexity index is 326. The molecule has 0 radical (unpaired) electrons. The van der Waals surface area contributed by atoms with E-state index >= 15 is 0 Å². The average molecular weight is 282 g/mol. The van der Waals surface area contributed by atoms with Crippen molar-refractivity contribution < 1.29 is 9.90 Å². The molecule has 1 aliphatic heterocycles. The van der Waals surface area contributed by atoms with Gasteiger partial charge in [0.2, 0.25) is 5.91 Å². The first kappa shape index (κ1) is 15.8. The van der Waals surface area contributed by atoms with Crippen LogP contribution in [-0.4, -0.2) is 59.6 Å². The van der Waals surface area contributed by atoms with E-state index in [0.29, 0.717) is 6.54 Å². The molecule has 4 heteroatoms. The maximum Gasteiger partial charge on any atom is 0.239 e. The van der Waals surface area contributed by atoms with Crippen LogP contribution in [0.1, 0.15) is 57.8 Å². The summed E-state index contributed by atoms with van der Waals surface area (Å²) < 4.78 is 0. The molecule has 0 aromatic rings. The van der Waals surface area contributed by atoms with Gasteiger partial charge in [-0.1, -0.05) is 25.7 Å². The number of amides is 1. The molecule has 4 nitrogen and oxygen atoms in total. The van der Waals surface area contributed by atoms with Gasteiger partial charge in [0.05, 0.1) is 11.6 Å². The van der Waals surface area contributed by atoms with Gasteiger partial charge in [0.15, 0.2) is 0 Å². The van der Waals surface area contributed by atoms with Crippen molar-refractivity contribution in [3.8, 4) is 0 Å². The number of nitrogens with zero attached hydrogens (tertiary/aromatic N) is 2. The number of likely N-dealkylation sites (tertiary alicyclic amines) is 1. The topological polar surface area (TPSA) is 43.8 Å². The van der Waals surface area contributed by atoms with Gasteiger partial charge < -0.3 is 10.0 Å². The fraction of sp³-hybridized carbons (Fsp3) is 0.938. The van der Waals surface area contributed by atoms with Crippen molar-refractivity contribution >= 4 is 5.91 Å². The summed E-state index contributed by atoms with van der Waals surface area (Å²) in [7, 11) is 3.95. The zero-order valence-electron chi connectivity index (χ0n) is 13.1. The van der Waals surface area contributed by atoms with E-state index in [9.17, 15) is 9.90 Å². The van der Waals surface area contributed by atoms with Crippen LogP contribution in [0.2, 0.25) is 0 Å². The fourth-order valence-electron chi connectivity index (χ4n) is 3.59. The van der Waals surface area contributed by atoms with Gasteiger partial charge in [-0.05, 0) is 45.7 Å². The lowest BCUT2D eigenvalue weighted by Crippen LogP contribution is -2.46. The normalized spacial score (nSPS) is 27.2. The van der Waals surface area contributed by atoms with Gasteiger partial charge in [-0.25, -0.2) is 0 Å². The molecule has 1 aliphatic carbocycles. The van der Waals surface area contributed by atoms with Gasteiger partial charge >= 0.3 is 0 Å². The van der Waals surface area contributed by atoms with Crippen LogP contribution in [0.15, 0.2) is 0 Å². The van der Waals surface area contributed by atoms with E-state index in [1.807, 2.05) is 11.9 Å². The average Bonchev–Trinajstić information content (AvgIpc) is 2.75. The van der Waals surface area contributed by atoms with Crippen LogP contribution in [0.4, 0.5) is 0 Å². The molecule has 2 rings (SSSR count). The van der Waals surface area contributed by atoms with Crippen molar-refractivity contribution in [1.29, 1.82) is 0 Å². The Labute approximate surface area is 123 Å². The lowest BCUT2D eigenvalue weighted by Gasteiger charge is -2.31. The minimum absolute atomic E-state index is 0.0423. The Kier molecular flexibility index (Phi) is 5.44. The van der Waals surface area contributed by atoms with E-state index < -0.39 is 5.60 Å². The van der Waals surface area contributed by atoms with Gasteiger partial charge in [-0.3, -0.25) is 9.69 Å². The van der Waals surface area contributed by atoms with Gasteiger partial charge in [0.25, 0.3) is 0 Å². The second-order valence-electron chi connectivity index (χ2n) is 6.79. The van der Waals surface area contributed by atoms with Crippen LogP contribution in [0, 0.1) is 0 Å². The number of hydrogen-bond donors (Lipinski definition) is 1. The maximum absolute atomic E-state index is 12.6. The van der Waals surface area contributed by atoms with E-state index in [2.05, 4.69) is 11.9 Å². The van der Waals surface area contributed by atoms with Gasteiger partial charge in [0, 0.05) is 13.6 Å². The zero-order valence-corrected chi connectivity index (χ0v) is 13.1. The highest BCUT2D eigenvalue weighted by Crippen LogP contribution is 2.32. The van der Waals surface area contributed by atoms with Gasteiger partial charge in [-0.2, -0.15) is 0 Å². The number of hydrogen-bond acceptors (Lipinski definition) is 3. The number of rotatable bonds is 4. The number of aliphatic hydroxyl groups is 1. The highest BCUT2D eigenvalue weighted by atomic mass is 16.3. The third-order valence-corrected chi connectivity index (χ3v) is 5.13. The van der Waals surface area contributed by atoms with Crippen molar-refractivity contribution in [2.75, 3.05) is 27.2 Å². The lowest BCUT2D eigenvalue weighted by molar-refractivity contribution is -0.135. The highest BCUT2D eigenvalue weighted by molar-refractivity contribution is 5.81. The van der Waals surface area contributed by atoms with Crippen LogP contribution in [0.5, 0.6) is 0 Å².